The summed E-state index contributed by atoms with van der Waals surface area (Å²) < 4.78 is 0. The van der Waals surface area contributed by atoms with Crippen LogP contribution in [0.25, 0.3) is 0 Å². The van der Waals surface area contributed by atoms with Gasteiger partial charge in [-0.2, -0.15) is 0 Å². The predicted molar refractivity (Wildman–Crippen MR) is 92.7 cm³/mol. The number of benzene rings is 1. The number of nitrogens with zero attached hydrogens (tertiary/aromatic N) is 3. The van der Waals surface area contributed by atoms with E-state index in [4.69, 9.17) is 5.73 Å². The lowest BCUT2D eigenvalue weighted by atomic mass is 10.1. The predicted octanol–water partition coefficient (Wildman–Crippen LogP) is 2.24. The van der Waals surface area contributed by atoms with Gasteiger partial charge in [-0.1, -0.05) is 12.1 Å². The molecule has 23 heavy (non-hydrogen) atoms. The molecule has 0 radical (unpaired) electrons. The summed E-state index contributed by atoms with van der Waals surface area (Å²) in [4.78, 5) is 20.7. The van der Waals surface area contributed by atoms with Crippen molar-refractivity contribution in [3.63, 3.8) is 0 Å². The number of hydrogen-bond acceptors (Lipinski definition) is 4. The Morgan fingerprint density at radius 2 is 1.87 bits per heavy atom. The lowest BCUT2D eigenvalue weighted by Crippen LogP contribution is -2.49. The number of hydrogen-bond donors (Lipinski definition) is 1. The molecule has 0 spiro atoms. The Hall–Kier alpha value is -2.56. The molecule has 0 bridgehead atoms. The number of amides is 1. The Bertz CT molecular complexity index is 721. The average molecular weight is 310 g/mol. The van der Waals surface area contributed by atoms with Crippen molar-refractivity contribution < 1.29 is 4.79 Å². The molecule has 3 rings (SSSR count). The average Bonchev–Trinajstić information content (AvgIpc) is 2.57. The van der Waals surface area contributed by atoms with Gasteiger partial charge >= 0.3 is 0 Å². The monoisotopic (exact) mass is 310 g/mol. The lowest BCUT2D eigenvalue weighted by Gasteiger charge is -2.37. The molecule has 2 heterocycles. The normalized spacial score (nSPS) is 14.9. The van der Waals surface area contributed by atoms with Crippen LogP contribution in [-0.2, 0) is 0 Å². The molecule has 5 nitrogen and oxygen atoms in total. The molecule has 1 aromatic heterocycles. The first-order valence-electron chi connectivity index (χ1n) is 7.88. The minimum atomic E-state index is 0.0275. The van der Waals surface area contributed by atoms with Crippen LogP contribution in [0.15, 0.2) is 36.5 Å². The maximum absolute atomic E-state index is 12.5. The van der Waals surface area contributed by atoms with Crippen LogP contribution in [0.5, 0.6) is 0 Å². The van der Waals surface area contributed by atoms with E-state index in [9.17, 15) is 4.79 Å². The van der Waals surface area contributed by atoms with Gasteiger partial charge in [0.2, 0.25) is 0 Å². The number of anilines is 2. The van der Waals surface area contributed by atoms with Crippen molar-refractivity contribution in [1.82, 2.24) is 9.88 Å². The summed E-state index contributed by atoms with van der Waals surface area (Å²) in [5, 5.41) is 0. The highest BCUT2D eigenvalue weighted by molar-refractivity contribution is 5.94. The van der Waals surface area contributed by atoms with Crippen LogP contribution >= 0.6 is 0 Å². The molecule has 1 fully saturated rings. The van der Waals surface area contributed by atoms with Crippen molar-refractivity contribution in [3.05, 3.63) is 53.2 Å². The molecule has 0 unspecified atom stereocenters. The van der Waals surface area contributed by atoms with E-state index in [1.165, 1.54) is 16.8 Å². The van der Waals surface area contributed by atoms with Crippen molar-refractivity contribution in [2.75, 3.05) is 36.8 Å². The molecule has 0 aliphatic carbocycles. The molecule has 1 amide bonds. The first-order chi connectivity index (χ1) is 11.1. The van der Waals surface area contributed by atoms with Crippen molar-refractivity contribution in [1.29, 1.82) is 0 Å². The Morgan fingerprint density at radius 1 is 1.13 bits per heavy atom. The zero-order chi connectivity index (χ0) is 16.4. The van der Waals surface area contributed by atoms with Crippen LogP contribution in [-0.4, -0.2) is 42.0 Å². The Balaban J connectivity index is 1.69. The summed E-state index contributed by atoms with van der Waals surface area (Å²) in [6.07, 6.45) is 1.58. The molecular formula is C18H22N4O. The SMILES string of the molecule is Cc1cccc(N2CCN(C(=O)c3ccnc(N)c3)CC2)c1C. The number of pyridine rings is 1. The Morgan fingerprint density at radius 3 is 2.57 bits per heavy atom. The first-order valence-corrected chi connectivity index (χ1v) is 7.88. The van der Waals surface area contributed by atoms with Gasteiger partial charge in [-0.05, 0) is 43.2 Å². The second kappa shape index (κ2) is 6.28. The van der Waals surface area contributed by atoms with Gasteiger partial charge in [-0.25, -0.2) is 4.98 Å². The molecular weight excluding hydrogens is 288 g/mol. The van der Waals surface area contributed by atoms with E-state index >= 15 is 0 Å². The van der Waals surface area contributed by atoms with Crippen LogP contribution < -0.4 is 10.6 Å². The van der Waals surface area contributed by atoms with Crippen LogP contribution in [0.3, 0.4) is 0 Å². The molecule has 5 heteroatoms. The summed E-state index contributed by atoms with van der Waals surface area (Å²) in [6.45, 7) is 7.41. The lowest BCUT2D eigenvalue weighted by molar-refractivity contribution is 0.0746. The van der Waals surface area contributed by atoms with E-state index in [1.807, 2.05) is 4.90 Å². The van der Waals surface area contributed by atoms with Crippen LogP contribution in [0.4, 0.5) is 11.5 Å². The Kier molecular flexibility index (Phi) is 4.19. The number of carbonyl (C=O) groups is 1. The summed E-state index contributed by atoms with van der Waals surface area (Å²) in [7, 11) is 0. The number of aromatic nitrogens is 1. The molecule has 0 saturated carbocycles. The zero-order valence-electron chi connectivity index (χ0n) is 13.6. The fourth-order valence-corrected chi connectivity index (χ4v) is 2.99. The number of aryl methyl sites for hydroxylation is 1. The smallest absolute Gasteiger partial charge is 0.254 e. The fourth-order valence-electron chi connectivity index (χ4n) is 2.99. The zero-order valence-corrected chi connectivity index (χ0v) is 13.6. The maximum Gasteiger partial charge on any atom is 0.254 e. The molecule has 1 saturated heterocycles. The van der Waals surface area contributed by atoms with Crippen molar-refractivity contribution >= 4 is 17.4 Å². The second-order valence-electron chi connectivity index (χ2n) is 5.97. The summed E-state index contributed by atoms with van der Waals surface area (Å²) >= 11 is 0. The maximum atomic E-state index is 12.5. The third kappa shape index (κ3) is 3.13. The van der Waals surface area contributed by atoms with E-state index < -0.39 is 0 Å². The highest BCUT2D eigenvalue weighted by Gasteiger charge is 2.23. The largest absolute Gasteiger partial charge is 0.384 e. The van der Waals surface area contributed by atoms with Gasteiger partial charge in [0.05, 0.1) is 0 Å². The van der Waals surface area contributed by atoms with Crippen molar-refractivity contribution in [3.8, 4) is 0 Å². The molecule has 0 atom stereocenters. The number of nitrogen functional groups attached to an aromatic ring is 1. The standard InChI is InChI=1S/C18H22N4O/c1-13-4-3-5-16(14(13)2)21-8-10-22(11-9-21)18(23)15-6-7-20-17(19)12-15/h3-7,12H,8-11H2,1-2H3,(H2,19,20). The van der Waals surface area contributed by atoms with E-state index in [1.54, 1.807) is 18.3 Å². The Labute approximate surface area is 136 Å². The molecule has 2 aromatic rings. The number of rotatable bonds is 2. The molecule has 1 aliphatic rings. The third-order valence-corrected chi connectivity index (χ3v) is 4.51. The number of carbonyl (C=O) groups excluding carboxylic acids is 1. The first kappa shape index (κ1) is 15.3. The van der Waals surface area contributed by atoms with Gasteiger partial charge in [0.25, 0.3) is 5.91 Å². The fraction of sp³-hybridized carbons (Fsp3) is 0.333. The van der Waals surface area contributed by atoms with Crippen LogP contribution in [0, 0.1) is 13.8 Å². The van der Waals surface area contributed by atoms with Crippen LogP contribution in [0.2, 0.25) is 0 Å². The number of nitrogens with two attached hydrogens (primary N) is 1. The van der Waals surface area contributed by atoms with Gasteiger partial charge in [-0.3, -0.25) is 4.79 Å². The highest BCUT2D eigenvalue weighted by atomic mass is 16.2. The highest BCUT2D eigenvalue weighted by Crippen LogP contribution is 2.24. The topological polar surface area (TPSA) is 62.5 Å². The van der Waals surface area contributed by atoms with E-state index in [2.05, 4.69) is 41.9 Å². The minimum absolute atomic E-state index is 0.0275. The van der Waals surface area contributed by atoms with Gasteiger partial charge in [0.15, 0.2) is 0 Å². The van der Waals surface area contributed by atoms with E-state index in [0.717, 1.165) is 13.1 Å². The van der Waals surface area contributed by atoms with Gasteiger partial charge in [0.1, 0.15) is 5.82 Å². The summed E-state index contributed by atoms with van der Waals surface area (Å²) in [6, 6.07) is 9.74. The molecule has 1 aliphatic heterocycles. The van der Waals surface area contributed by atoms with E-state index in [-0.39, 0.29) is 5.91 Å². The third-order valence-electron chi connectivity index (χ3n) is 4.51. The van der Waals surface area contributed by atoms with Gasteiger partial charge in [0, 0.05) is 43.6 Å². The quantitative estimate of drug-likeness (QED) is 0.924. The second-order valence-corrected chi connectivity index (χ2v) is 5.97. The summed E-state index contributed by atoms with van der Waals surface area (Å²) in [5.41, 5.74) is 10.2. The minimum Gasteiger partial charge on any atom is -0.384 e. The van der Waals surface area contributed by atoms with Crippen molar-refractivity contribution in [2.45, 2.75) is 13.8 Å². The van der Waals surface area contributed by atoms with Crippen molar-refractivity contribution in [2.24, 2.45) is 0 Å². The summed E-state index contributed by atoms with van der Waals surface area (Å²) in [5.74, 6) is 0.407. The number of piperazine rings is 1. The molecule has 120 valence electrons. The van der Waals surface area contributed by atoms with Crippen LogP contribution in [0.1, 0.15) is 21.5 Å². The van der Waals surface area contributed by atoms with E-state index in [0.29, 0.717) is 24.5 Å². The van der Waals surface area contributed by atoms with Gasteiger partial charge in [-0.15, -0.1) is 0 Å². The molecule has 1 aromatic carbocycles. The molecule has 2 N–H and O–H groups in total. The van der Waals surface area contributed by atoms with Gasteiger partial charge < -0.3 is 15.5 Å².